The summed E-state index contributed by atoms with van der Waals surface area (Å²) >= 11 is 14.5. The summed E-state index contributed by atoms with van der Waals surface area (Å²) in [6.07, 6.45) is -0.386. The normalized spacial score (nSPS) is 12.9. The zero-order valence-corrected chi connectivity index (χ0v) is 28.1. The van der Waals surface area contributed by atoms with Crippen molar-refractivity contribution >= 4 is 35.1 Å². The standard InChI is InChI=1S/C43H33Cl2NO3/c44-39-27-30(24-25-38(39)43(45,31-16-6-2-7-17-31)32-18-8-3-9-19-32)41(47)40(26-29-14-4-1-5-15-29)46-42(48)49-28-37-35-22-12-10-20-33(35)34-21-11-13-23-36(34)37/h1-25,27,37,40H,26,28H2,(H,46,48)/t40-/m0/s1. The van der Waals surface area contributed by atoms with Crippen molar-refractivity contribution < 1.29 is 14.3 Å². The van der Waals surface area contributed by atoms with E-state index in [1.807, 2.05) is 115 Å². The van der Waals surface area contributed by atoms with Gasteiger partial charge < -0.3 is 10.1 Å². The van der Waals surface area contributed by atoms with Crippen molar-refractivity contribution in [3.05, 3.63) is 202 Å². The Morgan fingerprint density at radius 3 is 1.73 bits per heavy atom. The van der Waals surface area contributed by atoms with Crippen LogP contribution in [0.3, 0.4) is 0 Å². The number of halogens is 2. The highest BCUT2D eigenvalue weighted by Crippen LogP contribution is 2.46. The van der Waals surface area contributed by atoms with E-state index in [0.717, 1.165) is 38.9 Å². The number of alkyl halides is 1. The first kappa shape index (κ1) is 32.4. The van der Waals surface area contributed by atoms with E-state index in [9.17, 15) is 9.59 Å². The summed E-state index contributed by atoms with van der Waals surface area (Å²) in [5, 5.41) is 3.21. The number of ether oxygens (including phenoxy) is 1. The number of nitrogens with one attached hydrogen (secondary N) is 1. The molecule has 1 aliphatic rings. The van der Waals surface area contributed by atoms with E-state index < -0.39 is 17.0 Å². The molecule has 1 amide bonds. The minimum Gasteiger partial charge on any atom is -0.449 e. The van der Waals surface area contributed by atoms with E-state index in [-0.39, 0.29) is 24.7 Å². The third kappa shape index (κ3) is 6.50. The average molecular weight is 683 g/mol. The number of benzene rings is 6. The number of carbonyl (C=O) groups is 2. The molecular formula is C43H33Cl2NO3. The number of hydrogen-bond acceptors (Lipinski definition) is 3. The molecule has 6 aromatic rings. The number of ketones is 1. The molecular weight excluding hydrogens is 649 g/mol. The van der Waals surface area contributed by atoms with Crippen LogP contribution in [-0.4, -0.2) is 24.5 Å². The van der Waals surface area contributed by atoms with Crippen LogP contribution in [0.5, 0.6) is 0 Å². The number of alkyl carbamates (subject to hydrolysis) is 1. The zero-order valence-electron chi connectivity index (χ0n) is 26.6. The van der Waals surface area contributed by atoms with E-state index in [4.69, 9.17) is 27.9 Å². The summed E-state index contributed by atoms with van der Waals surface area (Å²) in [4.78, 5) is 26.5. The van der Waals surface area contributed by atoms with Crippen LogP contribution in [0.15, 0.2) is 158 Å². The Balaban J connectivity index is 1.15. The SMILES string of the molecule is O=C(N[C@@H](Cc1ccccc1)C(=O)c1ccc(C(Cl)(c2ccccc2)c2ccccc2)c(Cl)c1)OCC1c2ccccc2-c2ccccc21. The second kappa shape index (κ2) is 14.1. The third-order valence-electron chi connectivity index (χ3n) is 9.20. The number of carbonyl (C=O) groups excluding carboxylic acids is 2. The van der Waals surface area contributed by atoms with Crippen LogP contribution in [0, 0.1) is 0 Å². The molecule has 0 saturated heterocycles. The predicted octanol–water partition coefficient (Wildman–Crippen LogP) is 10.2. The lowest BCUT2D eigenvalue weighted by atomic mass is 9.83. The van der Waals surface area contributed by atoms with Crippen molar-refractivity contribution in [2.75, 3.05) is 6.61 Å². The molecule has 0 aromatic heterocycles. The fraction of sp³-hybridized carbons (Fsp3) is 0.116. The highest BCUT2D eigenvalue weighted by molar-refractivity contribution is 6.35. The topological polar surface area (TPSA) is 55.4 Å². The van der Waals surface area contributed by atoms with Gasteiger partial charge in [-0.2, -0.15) is 0 Å². The van der Waals surface area contributed by atoms with Gasteiger partial charge in [0.2, 0.25) is 0 Å². The Morgan fingerprint density at radius 2 is 1.18 bits per heavy atom. The minimum absolute atomic E-state index is 0.0992. The van der Waals surface area contributed by atoms with E-state index in [2.05, 4.69) is 29.6 Å². The van der Waals surface area contributed by atoms with Crippen LogP contribution in [0.25, 0.3) is 11.1 Å². The Morgan fingerprint density at radius 1 is 0.673 bits per heavy atom. The lowest BCUT2D eigenvalue weighted by Crippen LogP contribution is -2.43. The third-order valence-corrected chi connectivity index (χ3v) is 10.2. The van der Waals surface area contributed by atoms with Gasteiger partial charge in [-0.05, 0) is 45.0 Å². The monoisotopic (exact) mass is 681 g/mol. The van der Waals surface area contributed by atoms with Crippen LogP contribution in [0.4, 0.5) is 4.79 Å². The summed E-state index contributed by atoms with van der Waals surface area (Å²) in [5.41, 5.74) is 8.12. The zero-order chi connectivity index (χ0) is 33.8. The van der Waals surface area contributed by atoms with Crippen molar-refractivity contribution in [1.82, 2.24) is 5.32 Å². The van der Waals surface area contributed by atoms with Crippen molar-refractivity contribution in [1.29, 1.82) is 0 Å². The molecule has 0 heterocycles. The van der Waals surface area contributed by atoms with Gasteiger partial charge in [0, 0.05) is 28.5 Å². The molecule has 6 aromatic carbocycles. The summed E-state index contributed by atoms with van der Waals surface area (Å²) in [6, 6.07) is 49.7. The molecule has 0 unspecified atom stereocenters. The van der Waals surface area contributed by atoms with Crippen molar-refractivity contribution in [2.45, 2.75) is 23.3 Å². The second-order valence-electron chi connectivity index (χ2n) is 12.2. The number of hydrogen-bond donors (Lipinski definition) is 1. The molecule has 6 heteroatoms. The van der Waals surface area contributed by atoms with Crippen molar-refractivity contribution in [2.24, 2.45) is 0 Å². The number of rotatable bonds is 10. The molecule has 0 fully saturated rings. The van der Waals surface area contributed by atoms with Crippen molar-refractivity contribution in [3.8, 4) is 11.1 Å². The van der Waals surface area contributed by atoms with Crippen LogP contribution in [-0.2, 0) is 16.0 Å². The molecule has 49 heavy (non-hydrogen) atoms. The first-order chi connectivity index (χ1) is 23.9. The van der Waals surface area contributed by atoms with Gasteiger partial charge in [0.05, 0.1) is 6.04 Å². The summed E-state index contributed by atoms with van der Waals surface area (Å²) < 4.78 is 5.83. The minimum atomic E-state index is -1.09. The van der Waals surface area contributed by atoms with Gasteiger partial charge in [0.25, 0.3) is 0 Å². The quantitative estimate of drug-likeness (QED) is 0.0889. The molecule has 1 N–H and O–H groups in total. The first-order valence-corrected chi connectivity index (χ1v) is 17.0. The van der Waals surface area contributed by atoms with Crippen LogP contribution >= 0.6 is 23.2 Å². The molecule has 1 atom stereocenters. The number of amides is 1. The Bertz CT molecular complexity index is 2020. The molecule has 0 radical (unpaired) electrons. The van der Waals surface area contributed by atoms with Gasteiger partial charge in [0.15, 0.2) is 5.78 Å². The van der Waals surface area contributed by atoms with Crippen molar-refractivity contribution in [3.63, 3.8) is 0 Å². The van der Waals surface area contributed by atoms with Gasteiger partial charge in [0.1, 0.15) is 11.5 Å². The Labute approximate surface area is 296 Å². The molecule has 242 valence electrons. The van der Waals surface area contributed by atoms with Gasteiger partial charge in [-0.1, -0.05) is 163 Å². The predicted molar refractivity (Wildman–Crippen MR) is 197 cm³/mol. The smallest absolute Gasteiger partial charge is 0.407 e. The van der Waals surface area contributed by atoms with E-state index >= 15 is 0 Å². The molecule has 4 nitrogen and oxygen atoms in total. The van der Waals surface area contributed by atoms with Gasteiger partial charge in [-0.3, -0.25) is 4.79 Å². The van der Waals surface area contributed by atoms with E-state index in [0.29, 0.717) is 16.1 Å². The lowest BCUT2D eigenvalue weighted by molar-refractivity contribution is 0.0919. The van der Waals surface area contributed by atoms with E-state index in [1.165, 1.54) is 0 Å². The van der Waals surface area contributed by atoms with Crippen LogP contribution < -0.4 is 5.32 Å². The highest BCUT2D eigenvalue weighted by atomic mass is 35.5. The summed E-state index contributed by atoms with van der Waals surface area (Å²) in [5.74, 6) is -0.386. The van der Waals surface area contributed by atoms with Crippen LogP contribution in [0.1, 0.15) is 49.7 Å². The second-order valence-corrected chi connectivity index (χ2v) is 13.1. The molecule has 7 rings (SSSR count). The largest absolute Gasteiger partial charge is 0.449 e. The molecule has 0 saturated carbocycles. The van der Waals surface area contributed by atoms with Gasteiger partial charge in [-0.25, -0.2) is 4.79 Å². The average Bonchev–Trinajstić information content (AvgIpc) is 3.47. The lowest BCUT2D eigenvalue weighted by Gasteiger charge is -2.30. The Hall–Kier alpha value is -5.16. The van der Waals surface area contributed by atoms with E-state index in [1.54, 1.807) is 18.2 Å². The number of fused-ring (bicyclic) bond motifs is 3. The highest BCUT2D eigenvalue weighted by Gasteiger charge is 2.36. The van der Waals surface area contributed by atoms with Gasteiger partial charge in [-0.15, -0.1) is 11.6 Å². The Kier molecular flexibility index (Phi) is 9.34. The molecule has 1 aliphatic carbocycles. The molecule has 0 bridgehead atoms. The van der Waals surface area contributed by atoms with Gasteiger partial charge >= 0.3 is 6.09 Å². The maximum Gasteiger partial charge on any atom is 0.407 e. The fourth-order valence-corrected chi connectivity index (χ4v) is 7.59. The fourth-order valence-electron chi connectivity index (χ4n) is 6.80. The molecule has 0 aliphatic heterocycles. The summed E-state index contributed by atoms with van der Waals surface area (Å²) in [7, 11) is 0. The molecule has 0 spiro atoms. The number of Topliss-reactive ketones (excluding diaryl/α,β-unsaturated/α-hetero) is 1. The maximum atomic E-state index is 14.2. The maximum absolute atomic E-state index is 14.2. The first-order valence-electron chi connectivity index (χ1n) is 16.2. The van der Waals surface area contributed by atoms with Crippen LogP contribution in [0.2, 0.25) is 5.02 Å². The summed E-state index contributed by atoms with van der Waals surface area (Å²) in [6.45, 7) is 0.142.